The van der Waals surface area contributed by atoms with Crippen LogP contribution in [0.1, 0.15) is 29.2 Å². The van der Waals surface area contributed by atoms with Crippen LogP contribution in [0.3, 0.4) is 0 Å². The lowest BCUT2D eigenvalue weighted by molar-refractivity contribution is 0.169. The number of aryl methyl sites for hydroxylation is 1. The summed E-state index contributed by atoms with van der Waals surface area (Å²) in [5, 5.41) is 4.51. The second kappa shape index (κ2) is 6.84. The van der Waals surface area contributed by atoms with Crippen molar-refractivity contribution in [2.75, 3.05) is 13.2 Å². The highest BCUT2D eigenvalue weighted by molar-refractivity contribution is 7.80. The fourth-order valence-electron chi connectivity index (χ4n) is 3.12. The molecule has 2 aliphatic rings. The van der Waals surface area contributed by atoms with Crippen LogP contribution >= 0.6 is 12.2 Å². The number of nitrogens with one attached hydrogen (secondary N) is 1. The first kappa shape index (κ1) is 16.7. The number of hydrazone groups is 1. The molecule has 0 saturated carbocycles. The van der Waals surface area contributed by atoms with Crippen LogP contribution in [0.4, 0.5) is 0 Å². The van der Waals surface area contributed by atoms with Crippen LogP contribution in [0.15, 0.2) is 41.5 Å². The molecule has 1 atom stereocenters. The van der Waals surface area contributed by atoms with Crippen molar-refractivity contribution < 1.29 is 14.2 Å². The number of hydrogen-bond donors (Lipinski definition) is 2. The van der Waals surface area contributed by atoms with Crippen molar-refractivity contribution in [2.45, 2.75) is 19.4 Å². The Kier molecular flexibility index (Phi) is 4.38. The molecular weight excluding hydrogens is 350 g/mol. The van der Waals surface area contributed by atoms with Gasteiger partial charge in [-0.2, -0.15) is 5.10 Å². The number of ether oxygens (including phenoxy) is 3. The lowest BCUT2D eigenvalue weighted by Crippen LogP contribution is -2.28. The number of hydrogen-bond acceptors (Lipinski definition) is 5. The third-order valence-corrected chi connectivity index (χ3v) is 4.43. The summed E-state index contributed by atoms with van der Waals surface area (Å²) in [6.45, 7) is 3.15. The van der Waals surface area contributed by atoms with Gasteiger partial charge >= 0.3 is 0 Å². The van der Waals surface area contributed by atoms with E-state index in [-0.39, 0.29) is 11.2 Å². The predicted molar refractivity (Wildman–Crippen MR) is 103 cm³/mol. The molecule has 0 aromatic heterocycles. The molecule has 0 aliphatic carbocycles. The fraction of sp³-hybridized carbons (Fsp3) is 0.263. The molecule has 0 saturated heterocycles. The van der Waals surface area contributed by atoms with Gasteiger partial charge in [0.25, 0.3) is 0 Å². The summed E-state index contributed by atoms with van der Waals surface area (Å²) in [5.41, 5.74) is 12.1. The highest BCUT2D eigenvalue weighted by Gasteiger charge is 2.28. The minimum atomic E-state index is -0.188. The van der Waals surface area contributed by atoms with Gasteiger partial charge in [0.1, 0.15) is 25.1 Å². The number of rotatable bonds is 2. The summed E-state index contributed by atoms with van der Waals surface area (Å²) in [7, 11) is 0. The Balaban J connectivity index is 1.70. The average molecular weight is 369 g/mol. The predicted octanol–water partition coefficient (Wildman–Crippen LogP) is 2.83. The molecule has 0 amide bonds. The maximum absolute atomic E-state index is 6.26. The molecule has 0 bridgehead atoms. The SMILES string of the molecule is Cc1ccc2c(c1)OC(c1ccc3c(c1)OCCO3)C/C2=N\NC(N)=S. The minimum absolute atomic E-state index is 0.133. The van der Waals surface area contributed by atoms with E-state index >= 15 is 0 Å². The van der Waals surface area contributed by atoms with Crippen LogP contribution < -0.4 is 25.4 Å². The summed E-state index contributed by atoms with van der Waals surface area (Å²) in [5.74, 6) is 2.29. The molecule has 2 heterocycles. The Morgan fingerprint density at radius 1 is 1.12 bits per heavy atom. The van der Waals surface area contributed by atoms with Crippen LogP contribution in [0.5, 0.6) is 17.2 Å². The highest BCUT2D eigenvalue weighted by atomic mass is 32.1. The van der Waals surface area contributed by atoms with Crippen molar-refractivity contribution in [3.05, 3.63) is 53.1 Å². The molecule has 2 aromatic rings. The van der Waals surface area contributed by atoms with Gasteiger partial charge in [-0.1, -0.05) is 12.1 Å². The zero-order chi connectivity index (χ0) is 18.1. The number of benzene rings is 2. The summed E-state index contributed by atoms with van der Waals surface area (Å²) in [6, 6.07) is 11.9. The van der Waals surface area contributed by atoms with Crippen molar-refractivity contribution in [2.24, 2.45) is 10.8 Å². The van der Waals surface area contributed by atoms with Crippen molar-refractivity contribution in [3.8, 4) is 17.2 Å². The van der Waals surface area contributed by atoms with E-state index in [0.29, 0.717) is 19.6 Å². The molecule has 0 fully saturated rings. The molecule has 0 radical (unpaired) electrons. The Morgan fingerprint density at radius 2 is 1.92 bits per heavy atom. The zero-order valence-electron chi connectivity index (χ0n) is 14.3. The molecule has 1 unspecified atom stereocenters. The van der Waals surface area contributed by atoms with E-state index in [1.54, 1.807) is 0 Å². The van der Waals surface area contributed by atoms with Gasteiger partial charge in [-0.25, -0.2) is 0 Å². The molecular formula is C19H19N3O3S. The van der Waals surface area contributed by atoms with Crippen LogP contribution in [0.25, 0.3) is 0 Å². The highest BCUT2D eigenvalue weighted by Crippen LogP contribution is 2.39. The average Bonchev–Trinajstić information content (AvgIpc) is 2.65. The van der Waals surface area contributed by atoms with Gasteiger partial charge in [-0.05, 0) is 54.5 Å². The third-order valence-electron chi connectivity index (χ3n) is 4.34. The van der Waals surface area contributed by atoms with Crippen molar-refractivity contribution >= 4 is 23.0 Å². The lowest BCUT2D eigenvalue weighted by Gasteiger charge is -2.29. The summed E-state index contributed by atoms with van der Waals surface area (Å²) in [6.07, 6.45) is 0.401. The van der Waals surface area contributed by atoms with E-state index in [0.717, 1.165) is 39.7 Å². The van der Waals surface area contributed by atoms with Gasteiger partial charge in [0, 0.05) is 12.0 Å². The summed E-state index contributed by atoms with van der Waals surface area (Å²) < 4.78 is 17.5. The van der Waals surface area contributed by atoms with Crippen molar-refractivity contribution in [1.82, 2.24) is 5.43 Å². The van der Waals surface area contributed by atoms with Gasteiger partial charge < -0.3 is 19.9 Å². The minimum Gasteiger partial charge on any atom is -0.486 e. The smallest absolute Gasteiger partial charge is 0.184 e. The quantitative estimate of drug-likeness (QED) is 0.626. The van der Waals surface area contributed by atoms with Gasteiger partial charge in [0.2, 0.25) is 0 Å². The van der Waals surface area contributed by atoms with Gasteiger partial charge in [-0.3, -0.25) is 5.43 Å². The van der Waals surface area contributed by atoms with E-state index in [2.05, 4.69) is 10.5 Å². The van der Waals surface area contributed by atoms with Crippen LogP contribution in [-0.4, -0.2) is 24.0 Å². The molecule has 7 heteroatoms. The molecule has 3 N–H and O–H groups in total. The number of nitrogens with two attached hydrogens (primary N) is 1. The second-order valence-corrected chi connectivity index (χ2v) is 6.69. The van der Waals surface area contributed by atoms with E-state index in [9.17, 15) is 0 Å². The standard InChI is InChI=1S/C19H19N3O3S/c1-11-2-4-13-14(21-22-19(20)26)10-16(25-17(13)8-11)12-3-5-15-18(9-12)24-7-6-23-15/h2-5,8-9,16H,6-7,10H2,1H3,(H3,20,22,26)/b21-14+. The molecule has 4 rings (SSSR count). The van der Waals surface area contributed by atoms with Gasteiger partial charge in [0.15, 0.2) is 16.6 Å². The second-order valence-electron chi connectivity index (χ2n) is 6.25. The van der Waals surface area contributed by atoms with Gasteiger partial charge in [0.05, 0.1) is 5.71 Å². The molecule has 134 valence electrons. The maximum atomic E-state index is 6.26. The Bertz CT molecular complexity index is 898. The fourth-order valence-corrected chi connectivity index (χ4v) is 3.17. The first-order valence-corrected chi connectivity index (χ1v) is 8.80. The van der Waals surface area contributed by atoms with E-state index in [1.165, 1.54) is 0 Å². The summed E-state index contributed by atoms with van der Waals surface area (Å²) in [4.78, 5) is 0. The molecule has 0 spiro atoms. The monoisotopic (exact) mass is 369 g/mol. The topological polar surface area (TPSA) is 78.1 Å². The van der Waals surface area contributed by atoms with E-state index < -0.39 is 0 Å². The normalized spacial score (nSPS) is 19.4. The number of fused-ring (bicyclic) bond motifs is 2. The summed E-state index contributed by atoms with van der Waals surface area (Å²) >= 11 is 4.87. The molecule has 2 aliphatic heterocycles. The Morgan fingerprint density at radius 3 is 2.73 bits per heavy atom. The van der Waals surface area contributed by atoms with E-state index in [1.807, 2.05) is 43.3 Å². The Labute approximate surface area is 156 Å². The number of thiocarbonyl (C=S) groups is 1. The molecule has 26 heavy (non-hydrogen) atoms. The van der Waals surface area contributed by atoms with Crippen molar-refractivity contribution in [3.63, 3.8) is 0 Å². The first-order chi connectivity index (χ1) is 12.6. The van der Waals surface area contributed by atoms with E-state index in [4.69, 9.17) is 32.2 Å². The third kappa shape index (κ3) is 3.30. The molecule has 6 nitrogen and oxygen atoms in total. The lowest BCUT2D eigenvalue weighted by atomic mass is 9.94. The van der Waals surface area contributed by atoms with Crippen LogP contribution in [0, 0.1) is 6.92 Å². The Hall–Kier alpha value is -2.80. The largest absolute Gasteiger partial charge is 0.486 e. The first-order valence-electron chi connectivity index (χ1n) is 8.39. The van der Waals surface area contributed by atoms with Crippen LogP contribution in [-0.2, 0) is 0 Å². The maximum Gasteiger partial charge on any atom is 0.184 e. The molecule has 2 aromatic carbocycles. The van der Waals surface area contributed by atoms with Crippen molar-refractivity contribution in [1.29, 1.82) is 0 Å². The van der Waals surface area contributed by atoms with Gasteiger partial charge in [-0.15, -0.1) is 0 Å². The zero-order valence-corrected chi connectivity index (χ0v) is 15.1. The van der Waals surface area contributed by atoms with Crippen LogP contribution in [0.2, 0.25) is 0 Å². The number of nitrogens with zero attached hydrogens (tertiary/aromatic N) is 1.